The summed E-state index contributed by atoms with van der Waals surface area (Å²) in [5.74, 6) is -4.53. The summed E-state index contributed by atoms with van der Waals surface area (Å²) in [6, 6.07) is 0. The van der Waals surface area contributed by atoms with Crippen LogP contribution < -0.4 is 4.90 Å². The zero-order valence-corrected chi connectivity index (χ0v) is 18.6. The number of hydrogen-bond acceptors (Lipinski definition) is 7. The Hall–Kier alpha value is -3.89. The predicted octanol–water partition coefficient (Wildman–Crippen LogP) is 2.05. The number of carboxylic acid groups (broad SMARTS) is 2. The van der Waals surface area contributed by atoms with E-state index in [0.29, 0.717) is 0 Å². The van der Waals surface area contributed by atoms with Crippen LogP contribution in [0.15, 0.2) is 37.2 Å². The highest BCUT2D eigenvalue weighted by Gasteiger charge is 2.38. The summed E-state index contributed by atoms with van der Waals surface area (Å²) in [5.41, 5.74) is 2.20. The molecule has 17 heteroatoms. The molecule has 0 bridgehead atoms. The number of halogens is 6. The molecule has 3 aromatic heterocycles. The van der Waals surface area contributed by atoms with E-state index in [0.717, 1.165) is 44.2 Å². The molecule has 1 aliphatic heterocycles. The number of rotatable bonds is 3. The minimum atomic E-state index is -5.08. The molecule has 1 saturated heterocycles. The van der Waals surface area contributed by atoms with Crippen LogP contribution in [-0.2, 0) is 23.2 Å². The van der Waals surface area contributed by atoms with Crippen LogP contribution in [-0.4, -0.2) is 89.7 Å². The van der Waals surface area contributed by atoms with Crippen LogP contribution in [0.4, 0.5) is 32.2 Å². The van der Waals surface area contributed by atoms with Crippen LogP contribution in [0.25, 0.3) is 5.65 Å². The van der Waals surface area contributed by atoms with Gasteiger partial charge in [-0.2, -0.15) is 31.4 Å². The third kappa shape index (κ3) is 8.40. The van der Waals surface area contributed by atoms with Crippen LogP contribution in [0.1, 0.15) is 5.56 Å². The molecule has 0 saturated carbocycles. The fraction of sp³-hybridized carbons (Fsp3) is 0.421. The minimum Gasteiger partial charge on any atom is -0.475 e. The Morgan fingerprint density at radius 1 is 0.917 bits per heavy atom. The van der Waals surface area contributed by atoms with Gasteiger partial charge in [0.1, 0.15) is 0 Å². The normalized spacial score (nSPS) is 14.5. The molecule has 4 rings (SSSR count). The van der Waals surface area contributed by atoms with Gasteiger partial charge in [0.15, 0.2) is 11.5 Å². The van der Waals surface area contributed by atoms with Crippen LogP contribution >= 0.6 is 0 Å². The third-order valence-corrected chi connectivity index (χ3v) is 4.61. The van der Waals surface area contributed by atoms with Gasteiger partial charge in [-0.25, -0.2) is 19.6 Å². The summed E-state index contributed by atoms with van der Waals surface area (Å²) in [4.78, 5) is 31.5. The zero-order valence-electron chi connectivity index (χ0n) is 18.6. The van der Waals surface area contributed by atoms with Gasteiger partial charge in [0.25, 0.3) is 0 Å². The highest BCUT2D eigenvalue weighted by atomic mass is 19.4. The molecule has 0 radical (unpaired) electrons. The summed E-state index contributed by atoms with van der Waals surface area (Å²) >= 11 is 0. The number of nitrogens with zero attached hydrogens (tertiary/aromatic N) is 7. The van der Waals surface area contributed by atoms with Crippen molar-refractivity contribution in [3.8, 4) is 0 Å². The maximum absolute atomic E-state index is 10.6. The number of carboxylic acids is 2. The van der Waals surface area contributed by atoms with E-state index in [-0.39, 0.29) is 0 Å². The predicted molar refractivity (Wildman–Crippen MR) is 111 cm³/mol. The summed E-state index contributed by atoms with van der Waals surface area (Å²) < 4.78 is 67.3. The van der Waals surface area contributed by atoms with Gasteiger partial charge in [0.2, 0.25) is 0 Å². The molecular formula is C19H21F6N7O4. The average molecular weight is 525 g/mol. The van der Waals surface area contributed by atoms with Gasteiger partial charge in [-0.05, 0) is 0 Å². The first-order valence-corrected chi connectivity index (χ1v) is 10.0. The maximum Gasteiger partial charge on any atom is 0.490 e. The number of fused-ring (bicyclic) bond motifs is 1. The van der Waals surface area contributed by atoms with Crippen molar-refractivity contribution in [3.05, 3.63) is 42.7 Å². The van der Waals surface area contributed by atoms with Crippen molar-refractivity contribution in [2.24, 2.45) is 7.05 Å². The molecule has 0 unspecified atom stereocenters. The number of anilines is 1. The van der Waals surface area contributed by atoms with E-state index < -0.39 is 24.3 Å². The maximum atomic E-state index is 10.6. The van der Waals surface area contributed by atoms with E-state index >= 15 is 0 Å². The monoisotopic (exact) mass is 525 g/mol. The second-order valence-corrected chi connectivity index (χ2v) is 7.30. The van der Waals surface area contributed by atoms with Gasteiger partial charge in [-0.1, -0.05) is 0 Å². The lowest BCUT2D eigenvalue weighted by Crippen LogP contribution is -2.46. The number of carbonyl (C=O) groups is 2. The number of hydrogen-bond donors (Lipinski definition) is 2. The Balaban J connectivity index is 0.000000271. The second kappa shape index (κ2) is 11.7. The Labute approximate surface area is 199 Å². The average Bonchev–Trinajstić information content (AvgIpc) is 3.42. The highest BCUT2D eigenvalue weighted by Crippen LogP contribution is 2.19. The van der Waals surface area contributed by atoms with Gasteiger partial charge in [0.05, 0.1) is 6.20 Å². The lowest BCUT2D eigenvalue weighted by Gasteiger charge is -2.35. The van der Waals surface area contributed by atoms with Crippen LogP contribution in [0.3, 0.4) is 0 Å². The molecule has 0 aliphatic carbocycles. The molecule has 11 nitrogen and oxygen atoms in total. The van der Waals surface area contributed by atoms with Crippen molar-refractivity contribution in [2.75, 3.05) is 31.1 Å². The van der Waals surface area contributed by atoms with E-state index in [9.17, 15) is 26.3 Å². The molecule has 0 aromatic carbocycles. The summed E-state index contributed by atoms with van der Waals surface area (Å²) in [5, 5.41) is 18.5. The molecule has 4 heterocycles. The SMILES string of the molecule is Cn1cc(CN2CCN(c3nccn4ccnc34)CC2)cn1.O=C(O)C(F)(F)F.O=C(O)C(F)(F)F. The number of aromatic nitrogens is 5. The molecule has 0 spiro atoms. The molecule has 2 N–H and O–H groups in total. The van der Waals surface area contributed by atoms with Gasteiger partial charge in [-0.3, -0.25) is 9.58 Å². The molecule has 3 aromatic rings. The van der Waals surface area contributed by atoms with E-state index in [2.05, 4.69) is 31.1 Å². The minimum absolute atomic E-state index is 0.934. The largest absolute Gasteiger partial charge is 0.490 e. The van der Waals surface area contributed by atoms with Gasteiger partial charge < -0.3 is 19.5 Å². The Morgan fingerprint density at radius 3 is 1.86 bits per heavy atom. The molecule has 36 heavy (non-hydrogen) atoms. The molecule has 198 valence electrons. The number of piperazine rings is 1. The van der Waals surface area contributed by atoms with Crippen molar-refractivity contribution in [1.82, 2.24) is 29.0 Å². The molecule has 1 fully saturated rings. The topological polar surface area (TPSA) is 129 Å². The van der Waals surface area contributed by atoms with E-state index in [1.807, 2.05) is 47.1 Å². The Kier molecular flexibility index (Phi) is 9.21. The number of imidazole rings is 1. The lowest BCUT2D eigenvalue weighted by molar-refractivity contribution is -0.193. The first kappa shape index (κ1) is 28.3. The van der Waals surface area contributed by atoms with E-state index in [4.69, 9.17) is 19.8 Å². The van der Waals surface area contributed by atoms with Gasteiger partial charge >= 0.3 is 24.3 Å². The van der Waals surface area contributed by atoms with Crippen molar-refractivity contribution >= 4 is 23.4 Å². The number of alkyl halides is 6. The van der Waals surface area contributed by atoms with Gasteiger partial charge in [-0.15, -0.1) is 0 Å². The van der Waals surface area contributed by atoms with Crippen molar-refractivity contribution in [3.63, 3.8) is 0 Å². The fourth-order valence-corrected chi connectivity index (χ4v) is 2.99. The first-order chi connectivity index (χ1) is 16.7. The summed E-state index contributed by atoms with van der Waals surface area (Å²) in [7, 11) is 1.96. The van der Waals surface area contributed by atoms with E-state index in [1.54, 1.807) is 0 Å². The summed E-state index contributed by atoms with van der Waals surface area (Å²) in [6.45, 7) is 4.96. The lowest BCUT2D eigenvalue weighted by atomic mass is 10.2. The fourth-order valence-electron chi connectivity index (χ4n) is 2.99. The van der Waals surface area contributed by atoms with Crippen LogP contribution in [0.2, 0.25) is 0 Å². The summed E-state index contributed by atoms with van der Waals surface area (Å²) in [6.07, 6.45) is 1.41. The van der Waals surface area contributed by atoms with Crippen molar-refractivity contribution in [2.45, 2.75) is 18.9 Å². The second-order valence-electron chi connectivity index (χ2n) is 7.30. The quantitative estimate of drug-likeness (QED) is 0.494. The standard InChI is InChI=1S/C15H19N7.2C2HF3O2/c1-19-11-13(10-18-19)12-20-6-8-22(9-7-20)15-14-16-2-4-21(14)5-3-17-15;2*3-2(4,5)1(6)7/h2-5,10-11H,6-9,12H2,1H3;2*(H,6,7). The number of aryl methyl sites for hydroxylation is 1. The molecular weight excluding hydrogens is 504 g/mol. The molecule has 0 atom stereocenters. The Morgan fingerprint density at radius 2 is 1.42 bits per heavy atom. The van der Waals surface area contributed by atoms with Crippen LogP contribution in [0, 0.1) is 0 Å². The Bertz CT molecular complexity index is 1130. The zero-order chi connectivity index (χ0) is 27.1. The highest BCUT2D eigenvalue weighted by molar-refractivity contribution is 5.73. The van der Waals surface area contributed by atoms with Crippen LogP contribution in [0.5, 0.6) is 0 Å². The molecule has 0 amide bonds. The third-order valence-electron chi connectivity index (χ3n) is 4.61. The van der Waals surface area contributed by atoms with Gasteiger partial charge in [0, 0.05) is 76.3 Å². The number of aliphatic carboxylic acids is 2. The molecule has 1 aliphatic rings. The van der Waals surface area contributed by atoms with E-state index in [1.165, 1.54) is 5.56 Å². The van der Waals surface area contributed by atoms with Crippen molar-refractivity contribution < 1.29 is 46.1 Å². The van der Waals surface area contributed by atoms with Crippen molar-refractivity contribution in [1.29, 1.82) is 0 Å². The first-order valence-electron chi connectivity index (χ1n) is 10.0. The smallest absolute Gasteiger partial charge is 0.475 e.